The predicted octanol–water partition coefficient (Wildman–Crippen LogP) is 2.94. The minimum Gasteiger partial charge on any atom is -0.353 e. The second-order valence-corrected chi connectivity index (χ2v) is 8.57. The van der Waals surface area contributed by atoms with Gasteiger partial charge in [0.05, 0.1) is 6.04 Å². The average Bonchev–Trinajstić information content (AvgIpc) is 2.97. The molecule has 0 aromatic carbocycles. The van der Waals surface area contributed by atoms with Crippen molar-refractivity contribution in [1.82, 2.24) is 15.1 Å². The predicted molar refractivity (Wildman–Crippen MR) is 104 cm³/mol. The van der Waals surface area contributed by atoms with E-state index in [9.17, 15) is 9.59 Å². The Morgan fingerprint density at radius 1 is 0.808 bits per heavy atom. The van der Waals surface area contributed by atoms with Crippen LogP contribution in [0.2, 0.25) is 0 Å². The van der Waals surface area contributed by atoms with E-state index in [1.165, 1.54) is 44.9 Å². The van der Waals surface area contributed by atoms with Crippen LogP contribution in [0.1, 0.15) is 77.6 Å². The highest BCUT2D eigenvalue weighted by atomic mass is 16.2. The van der Waals surface area contributed by atoms with Gasteiger partial charge in [0.25, 0.3) is 0 Å². The highest BCUT2D eigenvalue weighted by Crippen LogP contribution is 2.24. The Morgan fingerprint density at radius 3 is 2.00 bits per heavy atom. The number of carbonyl (C=O) groups excluding carboxylic acids is 2. The number of rotatable bonds is 4. The molecule has 0 spiro atoms. The molecular weight excluding hydrogens is 326 g/mol. The maximum atomic E-state index is 12.9. The van der Waals surface area contributed by atoms with Crippen LogP contribution in [0, 0.1) is 5.92 Å². The van der Waals surface area contributed by atoms with E-state index in [4.69, 9.17) is 0 Å². The van der Waals surface area contributed by atoms with Crippen molar-refractivity contribution in [3.8, 4) is 0 Å². The first-order valence-electron chi connectivity index (χ1n) is 11.0. The standard InChI is InChI=1S/C21H37N3O2/c1-17(23-13-7-2-3-8-14-23)21(26)24-15-11-19(12-16-24)22-20(25)18-9-5-4-6-10-18/h17-19H,2-16H2,1H3,(H,22,25). The number of likely N-dealkylation sites (tertiary alicyclic amines) is 2. The van der Waals surface area contributed by atoms with Gasteiger partial charge in [-0.1, -0.05) is 32.1 Å². The van der Waals surface area contributed by atoms with Gasteiger partial charge >= 0.3 is 0 Å². The van der Waals surface area contributed by atoms with Gasteiger partial charge in [0.2, 0.25) is 11.8 Å². The van der Waals surface area contributed by atoms with Crippen molar-refractivity contribution in [2.45, 2.75) is 89.6 Å². The first-order valence-corrected chi connectivity index (χ1v) is 11.0. The summed E-state index contributed by atoms with van der Waals surface area (Å²) in [7, 11) is 0. The molecule has 5 heteroatoms. The summed E-state index contributed by atoms with van der Waals surface area (Å²) in [5.41, 5.74) is 0. The van der Waals surface area contributed by atoms with Crippen LogP contribution in [0.15, 0.2) is 0 Å². The van der Waals surface area contributed by atoms with Crippen LogP contribution in [-0.4, -0.2) is 59.9 Å². The van der Waals surface area contributed by atoms with Gasteiger partial charge in [-0.2, -0.15) is 0 Å². The molecule has 3 rings (SSSR count). The van der Waals surface area contributed by atoms with Gasteiger partial charge in [-0.25, -0.2) is 0 Å². The summed E-state index contributed by atoms with van der Waals surface area (Å²) in [5.74, 6) is 0.767. The van der Waals surface area contributed by atoms with Crippen LogP contribution < -0.4 is 5.32 Å². The fraction of sp³-hybridized carbons (Fsp3) is 0.905. The van der Waals surface area contributed by atoms with Gasteiger partial charge in [0.1, 0.15) is 0 Å². The molecule has 0 bridgehead atoms. The number of hydrogen-bond acceptors (Lipinski definition) is 3. The number of hydrogen-bond donors (Lipinski definition) is 1. The van der Waals surface area contributed by atoms with Crippen LogP contribution in [0.25, 0.3) is 0 Å². The van der Waals surface area contributed by atoms with Gasteiger partial charge in [-0.05, 0) is 58.5 Å². The molecule has 1 saturated carbocycles. The average molecular weight is 364 g/mol. The molecule has 1 N–H and O–H groups in total. The molecule has 0 aromatic heterocycles. The highest BCUT2D eigenvalue weighted by Gasteiger charge is 2.31. The minimum atomic E-state index is 0.00137. The molecule has 3 fully saturated rings. The third kappa shape index (κ3) is 5.21. The summed E-state index contributed by atoms with van der Waals surface area (Å²) < 4.78 is 0. The number of nitrogens with zero attached hydrogens (tertiary/aromatic N) is 2. The lowest BCUT2D eigenvalue weighted by molar-refractivity contribution is -0.137. The van der Waals surface area contributed by atoms with E-state index >= 15 is 0 Å². The van der Waals surface area contributed by atoms with E-state index in [1.54, 1.807) is 0 Å². The Bertz CT molecular complexity index is 460. The van der Waals surface area contributed by atoms with Crippen LogP contribution >= 0.6 is 0 Å². The molecule has 2 amide bonds. The lowest BCUT2D eigenvalue weighted by Crippen LogP contribution is -2.52. The van der Waals surface area contributed by atoms with Crippen LogP contribution in [0.5, 0.6) is 0 Å². The zero-order valence-electron chi connectivity index (χ0n) is 16.5. The summed E-state index contributed by atoms with van der Waals surface area (Å²) in [6.07, 6.45) is 12.6. The smallest absolute Gasteiger partial charge is 0.239 e. The first-order chi connectivity index (χ1) is 12.6. The van der Waals surface area contributed by atoms with Crippen LogP contribution in [0.4, 0.5) is 0 Å². The Hall–Kier alpha value is -1.10. The molecular formula is C21H37N3O2. The van der Waals surface area contributed by atoms with Crippen molar-refractivity contribution >= 4 is 11.8 Å². The van der Waals surface area contributed by atoms with Crippen molar-refractivity contribution < 1.29 is 9.59 Å². The third-order valence-corrected chi connectivity index (χ3v) is 6.67. The topological polar surface area (TPSA) is 52.7 Å². The van der Waals surface area contributed by atoms with Gasteiger partial charge < -0.3 is 10.2 Å². The van der Waals surface area contributed by atoms with Crippen molar-refractivity contribution in [3.05, 3.63) is 0 Å². The van der Waals surface area contributed by atoms with E-state index in [0.717, 1.165) is 51.9 Å². The van der Waals surface area contributed by atoms with E-state index in [1.807, 2.05) is 4.90 Å². The second kappa shape index (κ2) is 9.72. The molecule has 1 aliphatic carbocycles. The van der Waals surface area contributed by atoms with Crippen LogP contribution in [-0.2, 0) is 9.59 Å². The maximum Gasteiger partial charge on any atom is 0.239 e. The maximum absolute atomic E-state index is 12.9. The van der Waals surface area contributed by atoms with Crippen molar-refractivity contribution in [3.63, 3.8) is 0 Å². The number of piperidine rings is 1. The minimum absolute atomic E-state index is 0.00137. The van der Waals surface area contributed by atoms with Gasteiger partial charge in [0, 0.05) is 25.0 Å². The molecule has 1 atom stereocenters. The number of carbonyl (C=O) groups is 2. The largest absolute Gasteiger partial charge is 0.353 e. The summed E-state index contributed by atoms with van der Waals surface area (Å²) in [5, 5.41) is 3.26. The fourth-order valence-electron chi connectivity index (χ4n) is 4.83. The van der Waals surface area contributed by atoms with E-state index < -0.39 is 0 Å². The molecule has 1 unspecified atom stereocenters. The summed E-state index contributed by atoms with van der Waals surface area (Å²) in [6.45, 7) is 5.76. The van der Waals surface area contributed by atoms with Crippen LogP contribution in [0.3, 0.4) is 0 Å². The molecule has 0 aromatic rings. The lowest BCUT2D eigenvalue weighted by atomic mass is 9.88. The SMILES string of the molecule is CC(C(=O)N1CCC(NC(=O)C2CCCCC2)CC1)N1CCCCCC1. The first kappa shape index (κ1) is 19.7. The van der Waals surface area contributed by atoms with E-state index in [0.29, 0.717) is 0 Å². The zero-order chi connectivity index (χ0) is 18.4. The quantitative estimate of drug-likeness (QED) is 0.835. The molecule has 5 nitrogen and oxygen atoms in total. The normalized spacial score (nSPS) is 25.5. The monoisotopic (exact) mass is 363 g/mol. The molecule has 0 radical (unpaired) electrons. The van der Waals surface area contributed by atoms with E-state index in [2.05, 4.69) is 17.1 Å². The second-order valence-electron chi connectivity index (χ2n) is 8.57. The molecule has 2 aliphatic heterocycles. The Kier molecular flexibility index (Phi) is 7.35. The summed E-state index contributed by atoms with van der Waals surface area (Å²) >= 11 is 0. The fourth-order valence-corrected chi connectivity index (χ4v) is 4.83. The van der Waals surface area contributed by atoms with Crippen molar-refractivity contribution in [2.24, 2.45) is 5.92 Å². The van der Waals surface area contributed by atoms with Crippen molar-refractivity contribution in [1.29, 1.82) is 0 Å². The van der Waals surface area contributed by atoms with Gasteiger partial charge in [-0.3, -0.25) is 14.5 Å². The number of nitrogens with one attached hydrogen (secondary N) is 1. The highest BCUT2D eigenvalue weighted by molar-refractivity contribution is 5.82. The van der Waals surface area contributed by atoms with Gasteiger partial charge in [0.15, 0.2) is 0 Å². The lowest BCUT2D eigenvalue weighted by Gasteiger charge is -2.37. The Labute approximate surface area is 158 Å². The molecule has 148 valence electrons. The third-order valence-electron chi connectivity index (χ3n) is 6.67. The summed E-state index contributed by atoms with van der Waals surface area (Å²) in [4.78, 5) is 29.7. The van der Waals surface area contributed by atoms with Crippen molar-refractivity contribution in [2.75, 3.05) is 26.2 Å². The zero-order valence-corrected chi connectivity index (χ0v) is 16.5. The Morgan fingerprint density at radius 2 is 1.38 bits per heavy atom. The Balaban J connectivity index is 1.42. The molecule has 26 heavy (non-hydrogen) atoms. The number of amides is 2. The van der Waals surface area contributed by atoms with E-state index in [-0.39, 0.29) is 29.8 Å². The van der Waals surface area contributed by atoms with Gasteiger partial charge in [-0.15, -0.1) is 0 Å². The summed E-state index contributed by atoms with van der Waals surface area (Å²) in [6, 6.07) is 0.253. The molecule has 3 aliphatic rings. The molecule has 2 saturated heterocycles. The molecule has 2 heterocycles.